The maximum atomic E-state index is 4.67. The number of hydrogen-bond donors (Lipinski definition) is 1. The summed E-state index contributed by atoms with van der Waals surface area (Å²) < 4.78 is 0. The van der Waals surface area contributed by atoms with Crippen LogP contribution >= 0.6 is 11.8 Å². The Labute approximate surface area is 158 Å². The van der Waals surface area contributed by atoms with Crippen LogP contribution in [0.1, 0.15) is 17.7 Å². The molecule has 2 aliphatic rings. The highest BCUT2D eigenvalue weighted by Crippen LogP contribution is 2.32. The molecule has 0 aliphatic carbocycles. The van der Waals surface area contributed by atoms with Crippen LogP contribution in [0, 0.1) is 0 Å². The molecule has 0 amide bonds. The molecule has 26 heavy (non-hydrogen) atoms. The largest absolute Gasteiger partial charge is 0.295 e. The van der Waals surface area contributed by atoms with E-state index < -0.39 is 0 Å². The SMILES string of the molecule is c1ccc(-c2ccc(-c3n[nH]c4c3CN([C@H]3CCSC3)CC4)cc2)cc1. The summed E-state index contributed by atoms with van der Waals surface area (Å²) in [5.74, 6) is 2.60. The highest BCUT2D eigenvalue weighted by atomic mass is 32.2. The summed E-state index contributed by atoms with van der Waals surface area (Å²) in [7, 11) is 0. The van der Waals surface area contributed by atoms with Gasteiger partial charge < -0.3 is 0 Å². The first kappa shape index (κ1) is 16.2. The molecule has 1 saturated heterocycles. The predicted octanol–water partition coefficient (Wildman–Crippen LogP) is 4.61. The molecule has 3 heterocycles. The van der Waals surface area contributed by atoms with E-state index in [1.807, 2.05) is 0 Å². The van der Waals surface area contributed by atoms with E-state index in [0.717, 1.165) is 31.2 Å². The third kappa shape index (κ3) is 2.97. The summed E-state index contributed by atoms with van der Waals surface area (Å²) in [4.78, 5) is 2.67. The first-order chi connectivity index (χ1) is 12.9. The summed E-state index contributed by atoms with van der Waals surface area (Å²) in [6, 6.07) is 20.1. The van der Waals surface area contributed by atoms with E-state index in [2.05, 4.69) is 81.5 Å². The number of benzene rings is 2. The van der Waals surface area contributed by atoms with Crippen molar-refractivity contribution in [2.45, 2.75) is 25.4 Å². The van der Waals surface area contributed by atoms with Crippen molar-refractivity contribution in [3.05, 3.63) is 65.9 Å². The number of H-pyrrole nitrogens is 1. The van der Waals surface area contributed by atoms with Gasteiger partial charge in [0.05, 0.1) is 5.69 Å². The topological polar surface area (TPSA) is 31.9 Å². The van der Waals surface area contributed by atoms with Crippen molar-refractivity contribution in [1.82, 2.24) is 15.1 Å². The smallest absolute Gasteiger partial charge is 0.0968 e. The molecule has 3 aromatic rings. The second-order valence-corrected chi connectivity index (χ2v) is 8.36. The Bertz CT molecular complexity index is 880. The number of aromatic amines is 1. The van der Waals surface area contributed by atoms with Crippen LogP contribution in [0.2, 0.25) is 0 Å². The minimum absolute atomic E-state index is 0.747. The van der Waals surface area contributed by atoms with E-state index in [-0.39, 0.29) is 0 Å². The third-order valence-corrected chi connectivity index (χ3v) is 6.80. The first-order valence-electron chi connectivity index (χ1n) is 9.42. The van der Waals surface area contributed by atoms with Gasteiger partial charge in [-0.2, -0.15) is 16.9 Å². The van der Waals surface area contributed by atoms with Crippen molar-refractivity contribution < 1.29 is 0 Å². The molecule has 1 N–H and O–H groups in total. The van der Waals surface area contributed by atoms with Gasteiger partial charge >= 0.3 is 0 Å². The lowest BCUT2D eigenvalue weighted by Crippen LogP contribution is -2.39. The Kier molecular flexibility index (Phi) is 4.31. The van der Waals surface area contributed by atoms with Gasteiger partial charge in [-0.15, -0.1) is 0 Å². The number of fused-ring (bicyclic) bond motifs is 1. The van der Waals surface area contributed by atoms with Gasteiger partial charge in [-0.1, -0.05) is 54.6 Å². The van der Waals surface area contributed by atoms with Crippen LogP contribution in [-0.2, 0) is 13.0 Å². The highest BCUT2D eigenvalue weighted by Gasteiger charge is 2.29. The Morgan fingerprint density at radius 3 is 2.50 bits per heavy atom. The molecule has 1 atom stereocenters. The minimum atomic E-state index is 0.747. The van der Waals surface area contributed by atoms with Gasteiger partial charge in [0.1, 0.15) is 0 Å². The van der Waals surface area contributed by atoms with Crippen LogP contribution in [-0.4, -0.2) is 39.2 Å². The number of thioether (sulfide) groups is 1. The average Bonchev–Trinajstić information content (AvgIpc) is 3.38. The zero-order valence-electron chi connectivity index (χ0n) is 14.8. The predicted molar refractivity (Wildman–Crippen MR) is 109 cm³/mol. The van der Waals surface area contributed by atoms with Crippen molar-refractivity contribution in [2.24, 2.45) is 0 Å². The van der Waals surface area contributed by atoms with Crippen LogP contribution < -0.4 is 0 Å². The third-order valence-electron chi connectivity index (χ3n) is 5.65. The lowest BCUT2D eigenvalue weighted by Gasteiger charge is -2.31. The standard InChI is InChI=1S/C22H23N3S/c1-2-4-16(5-3-1)17-6-8-18(9-7-17)22-20-14-25(19-11-13-26-15-19)12-10-21(20)23-24-22/h1-9,19H,10-15H2,(H,23,24)/t19-/m0/s1. The van der Waals surface area contributed by atoms with Gasteiger partial charge in [0.2, 0.25) is 0 Å². The molecule has 4 heteroatoms. The van der Waals surface area contributed by atoms with Gasteiger partial charge in [0.15, 0.2) is 0 Å². The summed E-state index contributed by atoms with van der Waals surface area (Å²) in [6.07, 6.45) is 2.42. The van der Waals surface area contributed by atoms with E-state index in [1.54, 1.807) is 0 Å². The molecule has 3 nitrogen and oxygen atoms in total. The fraction of sp³-hybridized carbons (Fsp3) is 0.318. The molecule has 2 aromatic carbocycles. The van der Waals surface area contributed by atoms with Gasteiger partial charge in [-0.25, -0.2) is 0 Å². The van der Waals surface area contributed by atoms with Crippen LogP contribution in [0.5, 0.6) is 0 Å². The Hall–Kier alpha value is -2.04. The lowest BCUT2D eigenvalue weighted by molar-refractivity contribution is 0.194. The number of nitrogens with zero attached hydrogens (tertiary/aromatic N) is 2. The fourth-order valence-electron chi connectivity index (χ4n) is 4.13. The molecular weight excluding hydrogens is 338 g/mol. The maximum absolute atomic E-state index is 4.67. The molecule has 0 bridgehead atoms. The van der Waals surface area contributed by atoms with Crippen LogP contribution in [0.25, 0.3) is 22.4 Å². The zero-order valence-corrected chi connectivity index (χ0v) is 15.6. The van der Waals surface area contributed by atoms with E-state index in [4.69, 9.17) is 0 Å². The summed E-state index contributed by atoms with van der Waals surface area (Å²) in [5.41, 5.74) is 7.59. The van der Waals surface area contributed by atoms with Crippen molar-refractivity contribution in [1.29, 1.82) is 0 Å². The lowest BCUT2D eigenvalue weighted by atomic mass is 9.98. The van der Waals surface area contributed by atoms with Gasteiger partial charge in [-0.3, -0.25) is 10.00 Å². The quantitative estimate of drug-likeness (QED) is 0.739. The molecule has 0 spiro atoms. The summed E-state index contributed by atoms with van der Waals surface area (Å²) in [5, 5.41) is 7.97. The monoisotopic (exact) mass is 361 g/mol. The molecular formula is C22H23N3S. The number of nitrogens with one attached hydrogen (secondary N) is 1. The fourth-order valence-corrected chi connectivity index (χ4v) is 5.38. The normalized spacial score (nSPS) is 20.2. The van der Waals surface area contributed by atoms with Crippen molar-refractivity contribution in [2.75, 3.05) is 18.1 Å². The highest BCUT2D eigenvalue weighted by molar-refractivity contribution is 7.99. The number of rotatable bonds is 3. The van der Waals surface area contributed by atoms with Gasteiger partial charge in [-0.05, 0) is 23.3 Å². The molecule has 5 rings (SSSR count). The van der Waals surface area contributed by atoms with Crippen molar-refractivity contribution >= 4 is 11.8 Å². The number of aromatic nitrogens is 2. The molecule has 1 aromatic heterocycles. The zero-order chi connectivity index (χ0) is 17.3. The minimum Gasteiger partial charge on any atom is -0.295 e. The molecule has 1 fully saturated rings. The number of hydrogen-bond acceptors (Lipinski definition) is 3. The summed E-state index contributed by atoms with van der Waals surface area (Å²) >= 11 is 2.09. The second-order valence-electron chi connectivity index (χ2n) is 7.21. The molecule has 0 saturated carbocycles. The van der Waals surface area contributed by atoms with Crippen LogP contribution in [0.3, 0.4) is 0 Å². The Morgan fingerprint density at radius 2 is 1.73 bits per heavy atom. The van der Waals surface area contributed by atoms with E-state index in [1.165, 1.54) is 45.9 Å². The molecule has 0 radical (unpaired) electrons. The average molecular weight is 362 g/mol. The van der Waals surface area contributed by atoms with Gasteiger partial charge in [0.25, 0.3) is 0 Å². The second kappa shape index (κ2) is 6.93. The Morgan fingerprint density at radius 1 is 0.962 bits per heavy atom. The van der Waals surface area contributed by atoms with Crippen LogP contribution in [0.4, 0.5) is 0 Å². The van der Waals surface area contributed by atoms with E-state index in [0.29, 0.717) is 0 Å². The first-order valence-corrected chi connectivity index (χ1v) is 10.6. The Balaban J connectivity index is 1.42. The van der Waals surface area contributed by atoms with Crippen molar-refractivity contribution in [3.8, 4) is 22.4 Å². The van der Waals surface area contributed by atoms with E-state index >= 15 is 0 Å². The maximum Gasteiger partial charge on any atom is 0.0968 e. The summed E-state index contributed by atoms with van der Waals surface area (Å²) in [6.45, 7) is 2.19. The molecule has 2 aliphatic heterocycles. The molecule has 0 unspecified atom stereocenters. The van der Waals surface area contributed by atoms with Crippen molar-refractivity contribution in [3.63, 3.8) is 0 Å². The van der Waals surface area contributed by atoms with Crippen LogP contribution in [0.15, 0.2) is 54.6 Å². The van der Waals surface area contributed by atoms with Gasteiger partial charge in [0, 0.05) is 48.1 Å². The van der Waals surface area contributed by atoms with E-state index in [9.17, 15) is 0 Å². The molecule has 132 valence electrons.